The molecular formula is C17H20ClNO5S. The average molecular weight is 386 g/mol. The van der Waals surface area contributed by atoms with E-state index in [4.69, 9.17) is 16.3 Å². The van der Waals surface area contributed by atoms with Crippen LogP contribution >= 0.6 is 11.6 Å². The molecule has 0 radical (unpaired) electrons. The number of benzene rings is 1. The van der Waals surface area contributed by atoms with Gasteiger partial charge in [0.1, 0.15) is 0 Å². The number of hydrogen-bond acceptors (Lipinski definition) is 5. The van der Waals surface area contributed by atoms with Gasteiger partial charge in [0, 0.05) is 18.1 Å². The average Bonchev–Trinajstić information content (AvgIpc) is 3.30. The molecule has 1 atom stereocenters. The molecule has 6 nitrogen and oxygen atoms in total. The zero-order valence-corrected chi connectivity index (χ0v) is 15.5. The Morgan fingerprint density at radius 1 is 1.28 bits per heavy atom. The number of carbonyl (C=O) groups excluding carboxylic acids is 2. The minimum Gasteiger partial charge on any atom is -0.455 e. The van der Waals surface area contributed by atoms with E-state index in [2.05, 4.69) is 0 Å². The first kappa shape index (κ1) is 18.2. The van der Waals surface area contributed by atoms with Crippen molar-refractivity contribution in [1.29, 1.82) is 0 Å². The molecule has 136 valence electrons. The molecule has 1 unspecified atom stereocenters. The van der Waals surface area contributed by atoms with Gasteiger partial charge in [0.25, 0.3) is 5.91 Å². The van der Waals surface area contributed by atoms with Gasteiger partial charge in [-0.05, 0) is 37.0 Å². The van der Waals surface area contributed by atoms with E-state index >= 15 is 0 Å². The maximum atomic E-state index is 12.4. The zero-order chi connectivity index (χ0) is 18.2. The molecule has 1 saturated carbocycles. The number of likely N-dealkylation sites (N-methyl/N-ethyl adjacent to an activating group) is 1. The number of hydrogen-bond donors (Lipinski definition) is 0. The summed E-state index contributed by atoms with van der Waals surface area (Å²) in [4.78, 5) is 26.0. The standard InChI is InChI=1S/C17H20ClNO5S/c1-19(14-6-9-25(22,23)11-14)15(20)10-24-16(21)17(7-8-17)12-2-4-13(18)5-3-12/h2-5,14H,6-11H2,1H3. The third kappa shape index (κ3) is 3.82. The van der Waals surface area contributed by atoms with Gasteiger partial charge in [-0.3, -0.25) is 9.59 Å². The van der Waals surface area contributed by atoms with Crippen LogP contribution in [0, 0.1) is 0 Å². The molecule has 0 aromatic heterocycles. The molecule has 2 fully saturated rings. The molecule has 1 aromatic carbocycles. The van der Waals surface area contributed by atoms with Crippen molar-refractivity contribution in [3.05, 3.63) is 34.9 Å². The smallest absolute Gasteiger partial charge is 0.317 e. The minimum absolute atomic E-state index is 0.0299. The van der Waals surface area contributed by atoms with Crippen LogP contribution in [-0.4, -0.2) is 56.4 Å². The van der Waals surface area contributed by atoms with Crippen molar-refractivity contribution in [1.82, 2.24) is 4.90 Å². The Kier molecular flexibility index (Phi) is 4.81. The van der Waals surface area contributed by atoms with E-state index < -0.39 is 21.2 Å². The number of carbonyl (C=O) groups is 2. The monoisotopic (exact) mass is 385 g/mol. The first-order valence-corrected chi connectivity index (χ1v) is 10.3. The normalized spacial score (nSPS) is 23.0. The largest absolute Gasteiger partial charge is 0.455 e. The molecule has 1 amide bonds. The molecule has 1 saturated heterocycles. The summed E-state index contributed by atoms with van der Waals surface area (Å²) in [6, 6.07) is 6.71. The van der Waals surface area contributed by atoms with Crippen LogP contribution in [0.2, 0.25) is 5.02 Å². The maximum Gasteiger partial charge on any atom is 0.317 e. The molecule has 8 heteroatoms. The highest BCUT2D eigenvalue weighted by atomic mass is 35.5. The van der Waals surface area contributed by atoms with E-state index in [-0.39, 0.29) is 30.1 Å². The summed E-state index contributed by atoms with van der Waals surface area (Å²) in [5.74, 6) is -0.745. The van der Waals surface area contributed by atoms with Crippen LogP contribution in [-0.2, 0) is 29.6 Å². The van der Waals surface area contributed by atoms with Crippen LogP contribution in [0.3, 0.4) is 0 Å². The topological polar surface area (TPSA) is 80.8 Å². The molecule has 3 rings (SSSR count). The fraction of sp³-hybridized carbons (Fsp3) is 0.529. The molecule has 1 aliphatic heterocycles. The maximum absolute atomic E-state index is 12.4. The Balaban J connectivity index is 1.57. The Morgan fingerprint density at radius 3 is 2.44 bits per heavy atom. The van der Waals surface area contributed by atoms with Crippen molar-refractivity contribution in [3.8, 4) is 0 Å². The van der Waals surface area contributed by atoms with Crippen LogP contribution in [0.5, 0.6) is 0 Å². The van der Waals surface area contributed by atoms with Crippen molar-refractivity contribution in [3.63, 3.8) is 0 Å². The van der Waals surface area contributed by atoms with Crippen molar-refractivity contribution in [2.24, 2.45) is 0 Å². The van der Waals surface area contributed by atoms with Crippen LogP contribution < -0.4 is 0 Å². The molecule has 2 aliphatic rings. The quantitative estimate of drug-likeness (QED) is 0.718. The third-order valence-electron chi connectivity index (χ3n) is 5.01. The summed E-state index contributed by atoms with van der Waals surface area (Å²) in [6.45, 7) is -0.374. The summed E-state index contributed by atoms with van der Waals surface area (Å²) >= 11 is 5.87. The molecule has 0 N–H and O–H groups in total. The van der Waals surface area contributed by atoms with Crippen molar-refractivity contribution in [2.75, 3.05) is 25.2 Å². The highest BCUT2D eigenvalue weighted by Crippen LogP contribution is 2.49. The highest BCUT2D eigenvalue weighted by Gasteiger charge is 2.53. The number of rotatable bonds is 5. The van der Waals surface area contributed by atoms with Crippen LogP contribution in [0.15, 0.2) is 24.3 Å². The van der Waals surface area contributed by atoms with Gasteiger partial charge >= 0.3 is 5.97 Å². The van der Waals surface area contributed by atoms with Gasteiger partial charge in [-0.2, -0.15) is 0 Å². The Labute approximate surface area is 152 Å². The number of halogens is 1. The summed E-state index contributed by atoms with van der Waals surface area (Å²) in [5, 5.41) is 0.594. The van der Waals surface area contributed by atoms with Crippen molar-refractivity contribution < 1.29 is 22.7 Å². The Morgan fingerprint density at radius 2 is 1.92 bits per heavy atom. The van der Waals surface area contributed by atoms with Crippen LogP contribution in [0.25, 0.3) is 0 Å². The lowest BCUT2D eigenvalue weighted by molar-refractivity contribution is -0.154. The number of esters is 1. The second-order valence-corrected chi connectivity index (χ2v) is 9.39. The predicted octanol–water partition coefficient (Wildman–Crippen LogP) is 1.56. The SMILES string of the molecule is CN(C(=O)COC(=O)C1(c2ccc(Cl)cc2)CC1)C1CCS(=O)(=O)C1. The highest BCUT2D eigenvalue weighted by molar-refractivity contribution is 7.91. The number of nitrogens with zero attached hydrogens (tertiary/aromatic N) is 1. The fourth-order valence-electron chi connectivity index (χ4n) is 3.16. The van der Waals surface area contributed by atoms with E-state index in [9.17, 15) is 18.0 Å². The van der Waals surface area contributed by atoms with E-state index in [1.54, 1.807) is 31.3 Å². The number of amides is 1. The molecular weight excluding hydrogens is 366 g/mol. The Bertz CT molecular complexity index is 786. The summed E-state index contributed by atoms with van der Waals surface area (Å²) in [7, 11) is -1.52. The summed E-state index contributed by atoms with van der Waals surface area (Å²) in [5.41, 5.74) is 0.157. The van der Waals surface area contributed by atoms with Crippen molar-refractivity contribution >= 4 is 33.3 Å². The lowest BCUT2D eigenvalue weighted by atomic mass is 9.96. The van der Waals surface area contributed by atoms with Crippen LogP contribution in [0.1, 0.15) is 24.8 Å². The second-order valence-electron chi connectivity index (χ2n) is 6.73. The van der Waals surface area contributed by atoms with Gasteiger partial charge in [0.05, 0.1) is 16.9 Å². The van der Waals surface area contributed by atoms with Gasteiger partial charge in [0.15, 0.2) is 16.4 Å². The molecule has 25 heavy (non-hydrogen) atoms. The van der Waals surface area contributed by atoms with E-state index in [0.29, 0.717) is 24.3 Å². The van der Waals surface area contributed by atoms with Gasteiger partial charge in [-0.1, -0.05) is 23.7 Å². The minimum atomic E-state index is -3.07. The lowest BCUT2D eigenvalue weighted by Crippen LogP contribution is -2.41. The van der Waals surface area contributed by atoms with Gasteiger partial charge in [0.2, 0.25) is 0 Å². The van der Waals surface area contributed by atoms with Gasteiger partial charge in [-0.15, -0.1) is 0 Å². The third-order valence-corrected chi connectivity index (χ3v) is 7.02. The fourth-order valence-corrected chi connectivity index (χ4v) is 5.06. The van der Waals surface area contributed by atoms with E-state index in [0.717, 1.165) is 5.56 Å². The lowest BCUT2D eigenvalue weighted by Gasteiger charge is -2.23. The van der Waals surface area contributed by atoms with E-state index in [1.165, 1.54) is 4.90 Å². The van der Waals surface area contributed by atoms with Gasteiger partial charge < -0.3 is 9.64 Å². The molecule has 0 bridgehead atoms. The first-order valence-electron chi connectivity index (χ1n) is 8.13. The number of ether oxygens (including phenoxy) is 1. The predicted molar refractivity (Wildman–Crippen MR) is 93.2 cm³/mol. The van der Waals surface area contributed by atoms with E-state index in [1.807, 2.05) is 0 Å². The molecule has 0 spiro atoms. The van der Waals surface area contributed by atoms with Crippen LogP contribution in [0.4, 0.5) is 0 Å². The van der Waals surface area contributed by atoms with Crippen molar-refractivity contribution in [2.45, 2.75) is 30.7 Å². The molecule has 1 heterocycles. The summed E-state index contributed by atoms with van der Waals surface area (Å²) in [6.07, 6.45) is 1.78. The molecule has 1 aliphatic carbocycles. The molecule has 1 aromatic rings. The first-order chi connectivity index (χ1) is 11.7. The summed E-state index contributed by atoms with van der Waals surface area (Å²) < 4.78 is 28.3. The zero-order valence-electron chi connectivity index (χ0n) is 13.9. The van der Waals surface area contributed by atoms with Gasteiger partial charge in [-0.25, -0.2) is 8.42 Å². The number of sulfone groups is 1. The Hall–Kier alpha value is -1.60. The second kappa shape index (κ2) is 6.61.